The second-order valence-electron chi connectivity index (χ2n) is 7.38. The Kier molecular flexibility index (Phi) is 6.95. The van der Waals surface area contributed by atoms with E-state index in [1.54, 1.807) is 4.90 Å². The standard InChI is InChI=1S/C21H24BrN3O4S/c1-24(2)30(28,29)19-8-4-6-16(12-19)21(27)23-13-20(26)25(18-9-10-18)14-15-5-3-7-17(22)11-15/h3-8,11-12,18H,9-10,13-14H2,1-2H3,(H,23,27). The van der Waals surface area contributed by atoms with E-state index in [0.29, 0.717) is 6.54 Å². The first-order valence-corrected chi connectivity index (χ1v) is 11.8. The molecule has 1 aliphatic rings. The lowest BCUT2D eigenvalue weighted by Crippen LogP contribution is -2.41. The van der Waals surface area contributed by atoms with Crippen molar-refractivity contribution >= 4 is 37.8 Å². The first-order chi connectivity index (χ1) is 14.2. The maximum atomic E-state index is 12.8. The third kappa shape index (κ3) is 5.47. The molecule has 0 heterocycles. The average molecular weight is 494 g/mol. The molecule has 0 aliphatic heterocycles. The number of nitrogens with one attached hydrogen (secondary N) is 1. The van der Waals surface area contributed by atoms with Crippen LogP contribution in [0.2, 0.25) is 0 Å². The molecule has 0 spiro atoms. The summed E-state index contributed by atoms with van der Waals surface area (Å²) < 4.78 is 26.6. The Morgan fingerprint density at radius 3 is 2.43 bits per heavy atom. The number of carbonyl (C=O) groups excluding carboxylic acids is 2. The highest BCUT2D eigenvalue weighted by atomic mass is 79.9. The number of rotatable bonds is 8. The summed E-state index contributed by atoms with van der Waals surface area (Å²) in [6, 6.07) is 13.8. The van der Waals surface area contributed by atoms with E-state index in [1.807, 2.05) is 24.3 Å². The minimum absolute atomic E-state index is 0.0285. The highest BCUT2D eigenvalue weighted by molar-refractivity contribution is 9.10. The monoisotopic (exact) mass is 493 g/mol. The lowest BCUT2D eigenvalue weighted by atomic mass is 10.2. The van der Waals surface area contributed by atoms with Gasteiger partial charge >= 0.3 is 0 Å². The number of carbonyl (C=O) groups is 2. The number of benzene rings is 2. The molecule has 7 nitrogen and oxygen atoms in total. The van der Waals surface area contributed by atoms with Gasteiger partial charge in [-0.1, -0.05) is 34.1 Å². The second-order valence-corrected chi connectivity index (χ2v) is 10.4. The maximum Gasteiger partial charge on any atom is 0.251 e. The molecule has 1 aliphatic carbocycles. The van der Waals surface area contributed by atoms with Gasteiger partial charge in [-0.15, -0.1) is 0 Å². The molecule has 0 aromatic heterocycles. The number of sulfonamides is 1. The summed E-state index contributed by atoms with van der Waals surface area (Å²) in [4.78, 5) is 27.1. The number of amides is 2. The molecule has 160 valence electrons. The largest absolute Gasteiger partial charge is 0.343 e. The molecule has 0 bridgehead atoms. The van der Waals surface area contributed by atoms with Gasteiger partial charge in [-0.25, -0.2) is 12.7 Å². The van der Waals surface area contributed by atoms with Crippen molar-refractivity contribution in [3.63, 3.8) is 0 Å². The molecule has 9 heteroatoms. The Bertz CT molecular complexity index is 1050. The van der Waals surface area contributed by atoms with Crippen LogP contribution in [0.25, 0.3) is 0 Å². The van der Waals surface area contributed by atoms with Gasteiger partial charge in [0.15, 0.2) is 0 Å². The normalized spacial score (nSPS) is 13.9. The van der Waals surface area contributed by atoms with Crippen LogP contribution in [0.5, 0.6) is 0 Å². The van der Waals surface area contributed by atoms with Gasteiger partial charge in [-0.05, 0) is 48.7 Å². The summed E-state index contributed by atoms with van der Waals surface area (Å²) in [5.74, 6) is -0.653. The van der Waals surface area contributed by atoms with Gasteiger partial charge in [-0.3, -0.25) is 9.59 Å². The van der Waals surface area contributed by atoms with Gasteiger partial charge in [0.25, 0.3) is 5.91 Å². The molecule has 0 unspecified atom stereocenters. The SMILES string of the molecule is CN(C)S(=O)(=O)c1cccc(C(=O)NCC(=O)N(Cc2cccc(Br)c2)C2CC2)c1. The summed E-state index contributed by atoms with van der Waals surface area (Å²) >= 11 is 3.44. The first kappa shape index (κ1) is 22.5. The predicted molar refractivity (Wildman–Crippen MR) is 117 cm³/mol. The van der Waals surface area contributed by atoms with Crippen molar-refractivity contribution in [1.29, 1.82) is 0 Å². The molecule has 2 amide bonds. The molecule has 0 radical (unpaired) electrons. The lowest BCUT2D eigenvalue weighted by Gasteiger charge is -2.23. The van der Waals surface area contributed by atoms with Crippen molar-refractivity contribution in [3.05, 3.63) is 64.1 Å². The van der Waals surface area contributed by atoms with E-state index in [0.717, 1.165) is 27.2 Å². The Hall–Kier alpha value is -2.23. The minimum atomic E-state index is -3.64. The van der Waals surface area contributed by atoms with Crippen molar-refractivity contribution in [3.8, 4) is 0 Å². The van der Waals surface area contributed by atoms with Crippen LogP contribution in [0.4, 0.5) is 0 Å². The van der Waals surface area contributed by atoms with Gasteiger partial charge in [0.2, 0.25) is 15.9 Å². The Morgan fingerprint density at radius 1 is 1.10 bits per heavy atom. The minimum Gasteiger partial charge on any atom is -0.343 e. The van der Waals surface area contributed by atoms with E-state index in [4.69, 9.17) is 0 Å². The third-order valence-corrected chi connectivity index (χ3v) is 7.13. The molecule has 1 N–H and O–H groups in total. The Labute approximate surface area is 185 Å². The molecule has 2 aromatic carbocycles. The highest BCUT2D eigenvalue weighted by Crippen LogP contribution is 2.28. The number of hydrogen-bond acceptors (Lipinski definition) is 4. The van der Waals surface area contributed by atoms with Crippen molar-refractivity contribution in [2.24, 2.45) is 0 Å². The average Bonchev–Trinajstić information content (AvgIpc) is 3.55. The molecule has 1 fully saturated rings. The van der Waals surface area contributed by atoms with Gasteiger partial charge in [0, 0.05) is 36.7 Å². The van der Waals surface area contributed by atoms with E-state index in [1.165, 1.54) is 38.4 Å². The summed E-state index contributed by atoms with van der Waals surface area (Å²) in [5, 5.41) is 2.62. The van der Waals surface area contributed by atoms with Crippen LogP contribution < -0.4 is 5.32 Å². The van der Waals surface area contributed by atoms with Crippen molar-refractivity contribution in [2.45, 2.75) is 30.3 Å². The van der Waals surface area contributed by atoms with E-state index < -0.39 is 15.9 Å². The molecule has 30 heavy (non-hydrogen) atoms. The fourth-order valence-corrected chi connectivity index (χ4v) is 4.40. The van der Waals surface area contributed by atoms with Gasteiger partial charge in [0.05, 0.1) is 11.4 Å². The predicted octanol–water partition coefficient (Wildman–Crippen LogP) is 2.62. The van der Waals surface area contributed by atoms with Gasteiger partial charge in [0.1, 0.15) is 0 Å². The number of hydrogen-bond donors (Lipinski definition) is 1. The Morgan fingerprint density at radius 2 is 1.80 bits per heavy atom. The van der Waals surface area contributed by atoms with E-state index >= 15 is 0 Å². The second kappa shape index (κ2) is 9.28. The fraction of sp³-hybridized carbons (Fsp3) is 0.333. The van der Waals surface area contributed by atoms with Crippen LogP contribution in [0.15, 0.2) is 57.9 Å². The summed E-state index contributed by atoms with van der Waals surface area (Å²) in [7, 11) is -0.786. The van der Waals surface area contributed by atoms with Gasteiger partial charge < -0.3 is 10.2 Å². The zero-order valence-corrected chi connectivity index (χ0v) is 19.2. The maximum absolute atomic E-state index is 12.8. The summed E-state index contributed by atoms with van der Waals surface area (Å²) in [6.45, 7) is 0.337. The third-order valence-electron chi connectivity index (χ3n) is 4.82. The van der Waals surface area contributed by atoms with E-state index in [9.17, 15) is 18.0 Å². The molecular formula is C21H24BrN3O4S. The van der Waals surface area contributed by atoms with Crippen molar-refractivity contribution in [2.75, 3.05) is 20.6 Å². The fourth-order valence-electron chi connectivity index (χ4n) is 3.01. The summed E-state index contributed by atoms with van der Waals surface area (Å²) in [6.07, 6.45) is 1.91. The van der Waals surface area contributed by atoms with Crippen molar-refractivity contribution < 1.29 is 18.0 Å². The zero-order chi connectivity index (χ0) is 21.9. The Balaban J connectivity index is 1.65. The highest BCUT2D eigenvalue weighted by Gasteiger charge is 2.32. The van der Waals surface area contributed by atoms with Crippen LogP contribution in [-0.2, 0) is 21.4 Å². The van der Waals surface area contributed by atoms with Crippen molar-refractivity contribution in [1.82, 2.24) is 14.5 Å². The van der Waals surface area contributed by atoms with Crippen LogP contribution in [0.1, 0.15) is 28.8 Å². The summed E-state index contributed by atoms with van der Waals surface area (Å²) in [5.41, 5.74) is 1.20. The molecule has 2 aromatic rings. The molecule has 0 saturated heterocycles. The topological polar surface area (TPSA) is 86.8 Å². The first-order valence-electron chi connectivity index (χ1n) is 9.53. The molecule has 3 rings (SSSR count). The molecule has 1 saturated carbocycles. The quantitative estimate of drug-likeness (QED) is 0.612. The number of nitrogens with zero attached hydrogens (tertiary/aromatic N) is 2. The van der Waals surface area contributed by atoms with Gasteiger partial charge in [-0.2, -0.15) is 0 Å². The van der Waals surface area contributed by atoms with Crippen LogP contribution in [0.3, 0.4) is 0 Å². The number of halogens is 1. The van der Waals surface area contributed by atoms with E-state index in [-0.39, 0.29) is 29.0 Å². The molecular weight excluding hydrogens is 470 g/mol. The van der Waals surface area contributed by atoms with E-state index in [2.05, 4.69) is 21.2 Å². The zero-order valence-electron chi connectivity index (χ0n) is 16.8. The van der Waals surface area contributed by atoms with Crippen LogP contribution >= 0.6 is 15.9 Å². The van der Waals surface area contributed by atoms with Crippen LogP contribution in [0, 0.1) is 0 Å². The smallest absolute Gasteiger partial charge is 0.251 e. The lowest BCUT2D eigenvalue weighted by molar-refractivity contribution is -0.131. The van der Waals surface area contributed by atoms with Crippen LogP contribution in [-0.4, -0.2) is 56.1 Å². The molecule has 0 atom stereocenters.